The highest BCUT2D eigenvalue weighted by atomic mass is 16.2. The average molecular weight is 371 g/mol. The maximum atomic E-state index is 13.0. The van der Waals surface area contributed by atoms with Crippen LogP contribution in [0.25, 0.3) is 0 Å². The van der Waals surface area contributed by atoms with Gasteiger partial charge in [0, 0.05) is 57.1 Å². The first kappa shape index (κ1) is 18.3. The molecule has 1 aromatic rings. The number of carbonyl (C=O) groups excluding carboxylic acids is 2. The summed E-state index contributed by atoms with van der Waals surface area (Å²) < 4.78 is 0. The molecule has 2 amide bonds. The second-order valence-electron chi connectivity index (χ2n) is 8.05. The molecule has 0 radical (unpaired) electrons. The number of carbonyl (C=O) groups is 2. The van der Waals surface area contributed by atoms with Crippen molar-refractivity contribution in [3.8, 4) is 0 Å². The molecule has 0 bridgehead atoms. The van der Waals surface area contributed by atoms with E-state index in [1.807, 2.05) is 15.9 Å². The summed E-state index contributed by atoms with van der Waals surface area (Å²) in [5, 5.41) is 3.33. The molecule has 7 nitrogen and oxygen atoms in total. The third-order valence-corrected chi connectivity index (χ3v) is 6.30. The molecule has 2 unspecified atom stereocenters. The highest BCUT2D eigenvalue weighted by Gasteiger charge is 2.36. The van der Waals surface area contributed by atoms with E-state index >= 15 is 0 Å². The standard InChI is InChI=1S/C20H29N5O2/c26-19(24-7-1-2-8-24)16-11-17(13-22-12-16)20(27)25-9-4-15(5-10-25)18-3-6-21-14-23-18/h3,6,14-17,22H,1-2,4-5,7-13H2. The van der Waals surface area contributed by atoms with Gasteiger partial charge in [0.1, 0.15) is 6.33 Å². The number of nitrogens with one attached hydrogen (secondary N) is 1. The largest absolute Gasteiger partial charge is 0.342 e. The van der Waals surface area contributed by atoms with E-state index in [2.05, 4.69) is 15.3 Å². The number of piperidine rings is 2. The number of likely N-dealkylation sites (tertiary alicyclic amines) is 2. The van der Waals surface area contributed by atoms with Crippen LogP contribution >= 0.6 is 0 Å². The van der Waals surface area contributed by atoms with Crippen LogP contribution in [0.4, 0.5) is 0 Å². The molecule has 0 aromatic carbocycles. The van der Waals surface area contributed by atoms with Crippen molar-refractivity contribution < 1.29 is 9.59 Å². The van der Waals surface area contributed by atoms with Crippen LogP contribution in [-0.4, -0.2) is 70.9 Å². The Morgan fingerprint density at radius 1 is 0.963 bits per heavy atom. The Kier molecular flexibility index (Phi) is 5.66. The van der Waals surface area contributed by atoms with Gasteiger partial charge in [-0.3, -0.25) is 9.59 Å². The summed E-state index contributed by atoms with van der Waals surface area (Å²) in [6.45, 7) is 4.70. The van der Waals surface area contributed by atoms with Crippen LogP contribution in [0.3, 0.4) is 0 Å². The molecule has 3 saturated heterocycles. The maximum Gasteiger partial charge on any atom is 0.226 e. The van der Waals surface area contributed by atoms with Gasteiger partial charge in [0.2, 0.25) is 11.8 Å². The summed E-state index contributed by atoms with van der Waals surface area (Å²) in [4.78, 5) is 38.0. The van der Waals surface area contributed by atoms with E-state index in [0.29, 0.717) is 25.4 Å². The Labute approximate surface area is 160 Å². The average Bonchev–Trinajstić information content (AvgIpc) is 3.28. The highest BCUT2D eigenvalue weighted by molar-refractivity contribution is 5.83. The Morgan fingerprint density at radius 2 is 1.59 bits per heavy atom. The van der Waals surface area contributed by atoms with Crippen molar-refractivity contribution in [3.63, 3.8) is 0 Å². The summed E-state index contributed by atoms with van der Waals surface area (Å²) in [5.74, 6) is 0.726. The monoisotopic (exact) mass is 371 g/mol. The van der Waals surface area contributed by atoms with E-state index in [1.54, 1.807) is 12.5 Å². The van der Waals surface area contributed by atoms with E-state index in [4.69, 9.17) is 0 Å². The number of hydrogen-bond acceptors (Lipinski definition) is 5. The topological polar surface area (TPSA) is 78.4 Å². The summed E-state index contributed by atoms with van der Waals surface area (Å²) in [7, 11) is 0. The fourth-order valence-corrected chi connectivity index (χ4v) is 4.71. The van der Waals surface area contributed by atoms with Crippen molar-refractivity contribution in [1.82, 2.24) is 25.1 Å². The predicted molar refractivity (Wildman–Crippen MR) is 101 cm³/mol. The van der Waals surface area contributed by atoms with Crippen LogP contribution in [0.5, 0.6) is 0 Å². The van der Waals surface area contributed by atoms with Gasteiger partial charge < -0.3 is 15.1 Å². The summed E-state index contributed by atoms with van der Waals surface area (Å²) in [6.07, 6.45) is 8.17. The molecule has 1 N–H and O–H groups in total. The van der Waals surface area contributed by atoms with E-state index in [-0.39, 0.29) is 23.7 Å². The Hall–Kier alpha value is -2.02. The third-order valence-electron chi connectivity index (χ3n) is 6.30. The van der Waals surface area contributed by atoms with Crippen LogP contribution in [0, 0.1) is 11.8 Å². The van der Waals surface area contributed by atoms with Gasteiger partial charge in [-0.05, 0) is 38.2 Å². The van der Waals surface area contributed by atoms with E-state index in [0.717, 1.165) is 57.6 Å². The first-order chi connectivity index (χ1) is 13.2. The van der Waals surface area contributed by atoms with E-state index < -0.39 is 0 Å². The molecular weight excluding hydrogens is 342 g/mol. The zero-order valence-electron chi connectivity index (χ0n) is 15.8. The Morgan fingerprint density at radius 3 is 2.19 bits per heavy atom. The molecule has 27 heavy (non-hydrogen) atoms. The highest BCUT2D eigenvalue weighted by Crippen LogP contribution is 2.29. The molecule has 3 aliphatic rings. The third kappa shape index (κ3) is 4.13. The molecule has 1 aromatic heterocycles. The Balaban J connectivity index is 1.31. The van der Waals surface area contributed by atoms with Crippen molar-refractivity contribution in [1.29, 1.82) is 0 Å². The second kappa shape index (κ2) is 8.33. The van der Waals surface area contributed by atoms with E-state index in [9.17, 15) is 9.59 Å². The number of hydrogen-bond donors (Lipinski definition) is 1. The van der Waals surface area contributed by atoms with Gasteiger partial charge in [0.15, 0.2) is 0 Å². The van der Waals surface area contributed by atoms with Gasteiger partial charge in [-0.1, -0.05) is 0 Å². The zero-order valence-corrected chi connectivity index (χ0v) is 15.8. The molecule has 2 atom stereocenters. The van der Waals surface area contributed by atoms with Crippen molar-refractivity contribution in [2.45, 2.75) is 38.0 Å². The van der Waals surface area contributed by atoms with Crippen molar-refractivity contribution >= 4 is 11.8 Å². The fraction of sp³-hybridized carbons (Fsp3) is 0.700. The van der Waals surface area contributed by atoms with Crippen molar-refractivity contribution in [3.05, 3.63) is 24.3 Å². The first-order valence-corrected chi connectivity index (χ1v) is 10.3. The first-order valence-electron chi connectivity index (χ1n) is 10.3. The lowest BCUT2D eigenvalue weighted by atomic mass is 9.87. The number of nitrogens with zero attached hydrogens (tertiary/aromatic N) is 4. The van der Waals surface area contributed by atoms with Crippen molar-refractivity contribution in [2.75, 3.05) is 39.3 Å². The van der Waals surface area contributed by atoms with Crippen LogP contribution in [0.15, 0.2) is 18.6 Å². The maximum absolute atomic E-state index is 13.0. The van der Waals surface area contributed by atoms with Crippen LogP contribution in [0.2, 0.25) is 0 Å². The molecule has 7 heteroatoms. The summed E-state index contributed by atoms with van der Waals surface area (Å²) in [5.41, 5.74) is 1.08. The minimum atomic E-state index is -0.0779. The SMILES string of the molecule is O=C(C1CNCC(C(=O)N2CCC(c3ccncn3)CC2)C1)N1CCCC1. The van der Waals surface area contributed by atoms with Gasteiger partial charge in [-0.15, -0.1) is 0 Å². The predicted octanol–water partition coefficient (Wildman–Crippen LogP) is 1.03. The molecule has 3 aliphatic heterocycles. The second-order valence-corrected chi connectivity index (χ2v) is 8.05. The summed E-state index contributed by atoms with van der Waals surface area (Å²) >= 11 is 0. The molecule has 0 spiro atoms. The van der Waals surface area contributed by atoms with Crippen LogP contribution < -0.4 is 5.32 Å². The number of aromatic nitrogens is 2. The fourth-order valence-electron chi connectivity index (χ4n) is 4.71. The molecule has 4 rings (SSSR count). The lowest BCUT2D eigenvalue weighted by Crippen LogP contribution is -2.50. The normalized spacial score (nSPS) is 27.0. The quantitative estimate of drug-likeness (QED) is 0.859. The molecule has 0 aliphatic carbocycles. The molecule has 4 heterocycles. The Bertz CT molecular complexity index is 654. The zero-order chi connectivity index (χ0) is 18.6. The minimum Gasteiger partial charge on any atom is -0.342 e. The molecule has 146 valence electrons. The van der Waals surface area contributed by atoms with Gasteiger partial charge in [-0.25, -0.2) is 9.97 Å². The van der Waals surface area contributed by atoms with Gasteiger partial charge in [-0.2, -0.15) is 0 Å². The molecular formula is C20H29N5O2. The smallest absolute Gasteiger partial charge is 0.226 e. The molecule has 3 fully saturated rings. The van der Waals surface area contributed by atoms with Gasteiger partial charge >= 0.3 is 0 Å². The number of rotatable bonds is 3. The lowest BCUT2D eigenvalue weighted by Gasteiger charge is -2.37. The summed E-state index contributed by atoms with van der Waals surface area (Å²) in [6, 6.07) is 1.97. The van der Waals surface area contributed by atoms with Crippen LogP contribution in [0.1, 0.15) is 43.7 Å². The van der Waals surface area contributed by atoms with Gasteiger partial charge in [0.25, 0.3) is 0 Å². The lowest BCUT2D eigenvalue weighted by molar-refractivity contribution is -0.140. The number of amides is 2. The molecule has 0 saturated carbocycles. The van der Waals surface area contributed by atoms with Crippen LogP contribution in [-0.2, 0) is 9.59 Å². The minimum absolute atomic E-state index is 0.0515. The van der Waals surface area contributed by atoms with Crippen molar-refractivity contribution in [2.24, 2.45) is 11.8 Å². The van der Waals surface area contributed by atoms with Gasteiger partial charge in [0.05, 0.1) is 11.8 Å². The van der Waals surface area contributed by atoms with E-state index in [1.165, 1.54) is 0 Å².